The molecule has 0 amide bonds. The van der Waals surface area contributed by atoms with E-state index in [9.17, 15) is 0 Å². The van der Waals surface area contributed by atoms with E-state index in [0.29, 0.717) is 5.88 Å². The normalized spacial score (nSPS) is 23.1. The average molecular weight is 282 g/mol. The first-order valence-corrected chi connectivity index (χ1v) is 7.53. The molecule has 1 aromatic rings. The summed E-state index contributed by atoms with van der Waals surface area (Å²) in [5.74, 6) is 1.66. The summed E-state index contributed by atoms with van der Waals surface area (Å²) < 4.78 is 11.1. The summed E-state index contributed by atoms with van der Waals surface area (Å²) >= 11 is 5.86. The number of morpholine rings is 1. The predicted octanol–water partition coefficient (Wildman–Crippen LogP) is 2.10. The zero-order valence-electron chi connectivity index (χ0n) is 11.1. The molecule has 3 rings (SSSR count). The summed E-state index contributed by atoms with van der Waals surface area (Å²) in [6, 6.07) is 6.59. The van der Waals surface area contributed by atoms with E-state index in [1.54, 1.807) is 0 Å². The van der Waals surface area contributed by atoms with Crippen LogP contribution in [0, 0.1) is 0 Å². The molecule has 1 unspecified atom stereocenters. The Balaban J connectivity index is 1.54. The highest BCUT2D eigenvalue weighted by atomic mass is 35.5. The molecular weight excluding hydrogens is 262 g/mol. The highest BCUT2D eigenvalue weighted by molar-refractivity contribution is 6.18. The molecule has 0 bridgehead atoms. The molecule has 2 aliphatic heterocycles. The Morgan fingerprint density at radius 3 is 3.16 bits per heavy atom. The number of hydrogen-bond donors (Lipinski definition) is 0. The van der Waals surface area contributed by atoms with Gasteiger partial charge in [0.15, 0.2) is 0 Å². The van der Waals surface area contributed by atoms with Crippen LogP contribution in [0.15, 0.2) is 18.2 Å². The summed E-state index contributed by atoms with van der Waals surface area (Å²) in [6.45, 7) is 4.68. The van der Waals surface area contributed by atoms with Crippen LogP contribution in [0.3, 0.4) is 0 Å². The van der Waals surface area contributed by atoms with Crippen molar-refractivity contribution >= 4 is 11.6 Å². The van der Waals surface area contributed by atoms with Gasteiger partial charge < -0.3 is 9.47 Å². The molecule has 3 nitrogen and oxygen atoms in total. The summed E-state index contributed by atoms with van der Waals surface area (Å²) in [6.07, 6.45) is 2.33. The van der Waals surface area contributed by atoms with E-state index in [1.807, 2.05) is 0 Å². The predicted molar refractivity (Wildman–Crippen MR) is 76.2 cm³/mol. The standard InChI is InChI=1S/C15H20ClNO2/c16-10-14-11-17(6-8-18-14)5-3-12-1-2-15-13(9-12)4-7-19-15/h1-2,9,14H,3-8,10-11H2. The fourth-order valence-corrected chi connectivity index (χ4v) is 2.95. The van der Waals surface area contributed by atoms with Crippen molar-refractivity contribution in [2.24, 2.45) is 0 Å². The minimum Gasteiger partial charge on any atom is -0.493 e. The maximum absolute atomic E-state index is 5.86. The average Bonchev–Trinajstić information content (AvgIpc) is 2.93. The van der Waals surface area contributed by atoms with E-state index >= 15 is 0 Å². The lowest BCUT2D eigenvalue weighted by Gasteiger charge is -2.31. The first-order chi connectivity index (χ1) is 9.35. The Hall–Kier alpha value is -0.770. The lowest BCUT2D eigenvalue weighted by molar-refractivity contribution is -0.0159. The summed E-state index contributed by atoms with van der Waals surface area (Å²) in [7, 11) is 0. The third-order valence-electron chi connectivity index (χ3n) is 3.87. The molecular formula is C15H20ClNO2. The molecule has 4 heteroatoms. The van der Waals surface area contributed by atoms with E-state index < -0.39 is 0 Å². The van der Waals surface area contributed by atoms with Crippen LogP contribution in [0.5, 0.6) is 5.75 Å². The van der Waals surface area contributed by atoms with Gasteiger partial charge in [-0.15, -0.1) is 11.6 Å². The minimum absolute atomic E-state index is 0.198. The lowest BCUT2D eigenvalue weighted by atomic mass is 10.1. The van der Waals surface area contributed by atoms with E-state index in [2.05, 4.69) is 23.1 Å². The fourth-order valence-electron chi connectivity index (χ4n) is 2.76. The summed E-state index contributed by atoms with van der Waals surface area (Å²) in [5.41, 5.74) is 2.76. The number of nitrogens with zero attached hydrogens (tertiary/aromatic N) is 1. The van der Waals surface area contributed by atoms with Crippen LogP contribution in [0.2, 0.25) is 0 Å². The number of rotatable bonds is 4. The van der Waals surface area contributed by atoms with Crippen molar-refractivity contribution in [1.29, 1.82) is 0 Å². The molecule has 0 radical (unpaired) electrons. The van der Waals surface area contributed by atoms with Gasteiger partial charge in [-0.1, -0.05) is 12.1 Å². The quantitative estimate of drug-likeness (QED) is 0.789. The van der Waals surface area contributed by atoms with Crippen molar-refractivity contribution in [3.63, 3.8) is 0 Å². The molecule has 0 aliphatic carbocycles. The second-order valence-corrected chi connectivity index (χ2v) is 5.55. The maximum Gasteiger partial charge on any atom is 0.122 e. The van der Waals surface area contributed by atoms with Crippen molar-refractivity contribution in [3.8, 4) is 5.75 Å². The fraction of sp³-hybridized carbons (Fsp3) is 0.600. The van der Waals surface area contributed by atoms with Crippen LogP contribution in [-0.4, -0.2) is 49.7 Å². The van der Waals surface area contributed by atoms with Crippen molar-refractivity contribution in [2.75, 3.05) is 38.7 Å². The van der Waals surface area contributed by atoms with Crippen LogP contribution in [0.4, 0.5) is 0 Å². The van der Waals surface area contributed by atoms with E-state index in [1.165, 1.54) is 11.1 Å². The van der Waals surface area contributed by atoms with Gasteiger partial charge in [0, 0.05) is 31.9 Å². The second kappa shape index (κ2) is 6.12. The van der Waals surface area contributed by atoms with Crippen LogP contribution in [-0.2, 0) is 17.6 Å². The molecule has 0 N–H and O–H groups in total. The number of halogens is 1. The smallest absolute Gasteiger partial charge is 0.122 e. The Bertz CT molecular complexity index is 438. The van der Waals surface area contributed by atoms with Crippen LogP contribution >= 0.6 is 11.6 Å². The number of alkyl halides is 1. The monoisotopic (exact) mass is 281 g/mol. The largest absolute Gasteiger partial charge is 0.493 e. The molecule has 19 heavy (non-hydrogen) atoms. The zero-order valence-corrected chi connectivity index (χ0v) is 11.9. The summed E-state index contributed by atoms with van der Waals surface area (Å²) in [4.78, 5) is 2.44. The highest BCUT2D eigenvalue weighted by Crippen LogP contribution is 2.26. The SMILES string of the molecule is ClCC1CN(CCc2ccc3c(c2)CCO3)CCO1. The van der Waals surface area contributed by atoms with Crippen LogP contribution in [0.25, 0.3) is 0 Å². The molecule has 1 saturated heterocycles. The van der Waals surface area contributed by atoms with Crippen LogP contribution < -0.4 is 4.74 Å². The molecule has 0 saturated carbocycles. The first kappa shape index (κ1) is 13.2. The van der Waals surface area contributed by atoms with Gasteiger partial charge in [0.2, 0.25) is 0 Å². The Morgan fingerprint density at radius 1 is 1.32 bits per heavy atom. The molecule has 1 atom stereocenters. The number of benzene rings is 1. The lowest BCUT2D eigenvalue weighted by Crippen LogP contribution is -2.44. The van der Waals surface area contributed by atoms with Gasteiger partial charge in [-0.2, -0.15) is 0 Å². The van der Waals surface area contributed by atoms with Gasteiger partial charge in [-0.05, 0) is 23.6 Å². The molecule has 1 aromatic carbocycles. The Morgan fingerprint density at radius 2 is 2.26 bits per heavy atom. The third-order valence-corrected chi connectivity index (χ3v) is 4.21. The summed E-state index contributed by atoms with van der Waals surface area (Å²) in [5, 5.41) is 0. The first-order valence-electron chi connectivity index (χ1n) is 6.99. The van der Waals surface area contributed by atoms with Gasteiger partial charge in [0.1, 0.15) is 5.75 Å². The van der Waals surface area contributed by atoms with E-state index in [4.69, 9.17) is 21.1 Å². The van der Waals surface area contributed by atoms with E-state index in [0.717, 1.165) is 51.4 Å². The van der Waals surface area contributed by atoms with Crippen molar-refractivity contribution in [3.05, 3.63) is 29.3 Å². The minimum atomic E-state index is 0.198. The third kappa shape index (κ3) is 3.22. The highest BCUT2D eigenvalue weighted by Gasteiger charge is 2.19. The topological polar surface area (TPSA) is 21.7 Å². The molecule has 1 fully saturated rings. The van der Waals surface area contributed by atoms with Crippen molar-refractivity contribution in [2.45, 2.75) is 18.9 Å². The molecule has 2 aliphatic rings. The van der Waals surface area contributed by atoms with Gasteiger partial charge in [0.05, 0.1) is 19.3 Å². The molecule has 0 aromatic heterocycles. The number of ether oxygens (including phenoxy) is 2. The maximum atomic E-state index is 5.86. The number of hydrogen-bond acceptors (Lipinski definition) is 3. The molecule has 104 valence electrons. The molecule has 0 spiro atoms. The van der Waals surface area contributed by atoms with Crippen molar-refractivity contribution < 1.29 is 9.47 Å². The molecule has 2 heterocycles. The number of fused-ring (bicyclic) bond motifs is 1. The van der Waals surface area contributed by atoms with Gasteiger partial charge in [-0.25, -0.2) is 0 Å². The second-order valence-electron chi connectivity index (χ2n) is 5.24. The van der Waals surface area contributed by atoms with E-state index in [-0.39, 0.29) is 6.10 Å². The van der Waals surface area contributed by atoms with Crippen LogP contribution in [0.1, 0.15) is 11.1 Å². The van der Waals surface area contributed by atoms with Crippen molar-refractivity contribution in [1.82, 2.24) is 4.90 Å². The van der Waals surface area contributed by atoms with Gasteiger partial charge in [-0.3, -0.25) is 4.90 Å². The zero-order chi connectivity index (χ0) is 13.1. The Kier molecular flexibility index (Phi) is 4.26. The Labute approximate surface area is 119 Å². The van der Waals surface area contributed by atoms with Gasteiger partial charge in [0.25, 0.3) is 0 Å². The van der Waals surface area contributed by atoms with Gasteiger partial charge >= 0.3 is 0 Å².